The summed E-state index contributed by atoms with van der Waals surface area (Å²) in [5, 5.41) is 0.138. The van der Waals surface area contributed by atoms with Crippen LogP contribution < -0.4 is 10.5 Å². The van der Waals surface area contributed by atoms with Crippen LogP contribution in [0.1, 0.15) is 10.4 Å². The van der Waals surface area contributed by atoms with Crippen molar-refractivity contribution in [1.29, 1.82) is 0 Å². The highest BCUT2D eigenvalue weighted by atomic mass is 32.1. The fourth-order valence-corrected chi connectivity index (χ4v) is 2.31. The van der Waals surface area contributed by atoms with Crippen LogP contribution in [0, 0.1) is 0 Å². The van der Waals surface area contributed by atoms with Crippen LogP contribution in [0.2, 0.25) is 0 Å². The number of thiazole rings is 1. The fourth-order valence-electron chi connectivity index (χ4n) is 1.51. The molecule has 9 heteroatoms. The third-order valence-corrected chi connectivity index (χ3v) is 3.17. The van der Waals surface area contributed by atoms with E-state index in [4.69, 9.17) is 5.73 Å². The monoisotopic (exact) mass is 306 g/mol. The van der Waals surface area contributed by atoms with Gasteiger partial charge in [-0.05, 0) is 12.1 Å². The number of hydrogen-bond donors (Lipinski definition) is 1. The van der Waals surface area contributed by atoms with Gasteiger partial charge in [0.1, 0.15) is 5.52 Å². The van der Waals surface area contributed by atoms with Crippen LogP contribution >= 0.6 is 11.3 Å². The first kappa shape index (κ1) is 14.4. The number of esters is 1. The zero-order chi connectivity index (χ0) is 14.9. The number of carbonyl (C=O) groups excluding carboxylic acids is 1. The second-order valence-corrected chi connectivity index (χ2v) is 4.73. The van der Waals surface area contributed by atoms with Gasteiger partial charge < -0.3 is 15.2 Å². The first-order valence-corrected chi connectivity index (χ1v) is 6.11. The molecule has 1 aromatic carbocycles. The minimum absolute atomic E-state index is 0.0279. The molecule has 2 aromatic rings. The van der Waals surface area contributed by atoms with E-state index in [2.05, 4.69) is 14.5 Å². The summed E-state index contributed by atoms with van der Waals surface area (Å²) in [6, 6.07) is 2.50. The van der Waals surface area contributed by atoms with Crippen molar-refractivity contribution in [2.24, 2.45) is 0 Å². The molecule has 0 aliphatic rings. The Hall–Kier alpha value is -2.03. The SMILES string of the molecule is COC(=O)c1cc(OC(F)C(F)F)c2nc(N)sc2c1. The van der Waals surface area contributed by atoms with Crippen LogP contribution in [0.3, 0.4) is 0 Å². The molecule has 5 nitrogen and oxygen atoms in total. The zero-order valence-electron chi connectivity index (χ0n) is 10.1. The number of nitrogen functional groups attached to an aromatic ring is 1. The predicted molar refractivity (Wildman–Crippen MR) is 66.9 cm³/mol. The topological polar surface area (TPSA) is 74.4 Å². The van der Waals surface area contributed by atoms with Crippen LogP contribution in [-0.4, -0.2) is 30.8 Å². The van der Waals surface area contributed by atoms with Gasteiger partial charge in [0.25, 0.3) is 6.36 Å². The lowest BCUT2D eigenvalue weighted by Gasteiger charge is -2.11. The second-order valence-electron chi connectivity index (χ2n) is 3.67. The van der Waals surface area contributed by atoms with Crippen molar-refractivity contribution in [3.63, 3.8) is 0 Å². The Kier molecular flexibility index (Phi) is 3.98. The maximum absolute atomic E-state index is 13.0. The van der Waals surface area contributed by atoms with E-state index in [9.17, 15) is 18.0 Å². The highest BCUT2D eigenvalue weighted by molar-refractivity contribution is 7.22. The van der Waals surface area contributed by atoms with E-state index < -0.39 is 18.8 Å². The molecule has 0 saturated heterocycles. The van der Waals surface area contributed by atoms with Crippen LogP contribution in [0.15, 0.2) is 12.1 Å². The lowest BCUT2D eigenvalue weighted by molar-refractivity contribution is -0.0662. The number of alkyl halides is 3. The molecule has 1 aromatic heterocycles. The molecule has 0 radical (unpaired) electrons. The number of nitrogens with zero attached hydrogens (tertiary/aromatic N) is 1. The third kappa shape index (κ3) is 2.77. The van der Waals surface area contributed by atoms with Crippen LogP contribution in [-0.2, 0) is 4.74 Å². The average molecular weight is 306 g/mol. The van der Waals surface area contributed by atoms with Crippen LogP contribution in [0.4, 0.5) is 18.3 Å². The summed E-state index contributed by atoms with van der Waals surface area (Å²) in [6.45, 7) is 0. The van der Waals surface area contributed by atoms with Gasteiger partial charge in [0.05, 0.1) is 17.4 Å². The average Bonchev–Trinajstić information content (AvgIpc) is 2.78. The molecule has 1 unspecified atom stereocenters. The minimum atomic E-state index is -3.32. The molecule has 0 amide bonds. The number of methoxy groups -OCH3 is 1. The van der Waals surface area contributed by atoms with E-state index in [0.717, 1.165) is 24.5 Å². The van der Waals surface area contributed by atoms with Gasteiger partial charge in [0, 0.05) is 0 Å². The second kappa shape index (κ2) is 5.53. The predicted octanol–water partition coefficient (Wildman–Crippen LogP) is 2.60. The van der Waals surface area contributed by atoms with Crippen molar-refractivity contribution in [2.45, 2.75) is 12.8 Å². The molecule has 20 heavy (non-hydrogen) atoms. The largest absolute Gasteiger partial charge is 0.465 e. The number of hydrogen-bond acceptors (Lipinski definition) is 6. The quantitative estimate of drug-likeness (QED) is 0.879. The van der Waals surface area contributed by atoms with Crippen LogP contribution in [0.25, 0.3) is 10.2 Å². The van der Waals surface area contributed by atoms with Gasteiger partial charge in [0.2, 0.25) is 0 Å². The number of anilines is 1. The Morgan fingerprint density at radius 3 is 2.70 bits per heavy atom. The number of halogens is 3. The first-order chi connectivity index (χ1) is 9.42. The molecule has 2 N–H and O–H groups in total. The van der Waals surface area contributed by atoms with E-state index in [-0.39, 0.29) is 22.0 Å². The molecule has 0 aliphatic carbocycles. The number of rotatable bonds is 4. The maximum atomic E-state index is 13.0. The summed E-state index contributed by atoms with van der Waals surface area (Å²) in [4.78, 5) is 15.3. The van der Waals surface area contributed by atoms with Gasteiger partial charge in [-0.3, -0.25) is 0 Å². The molecule has 2 rings (SSSR count). The number of nitrogens with two attached hydrogens (primary N) is 1. The highest BCUT2D eigenvalue weighted by Gasteiger charge is 2.24. The summed E-state index contributed by atoms with van der Waals surface area (Å²) < 4.78 is 46.9. The summed E-state index contributed by atoms with van der Waals surface area (Å²) in [7, 11) is 1.16. The smallest absolute Gasteiger partial charge is 0.338 e. The van der Waals surface area contributed by atoms with Gasteiger partial charge >= 0.3 is 12.4 Å². The number of carbonyl (C=O) groups is 1. The van der Waals surface area contributed by atoms with E-state index in [1.54, 1.807) is 0 Å². The van der Waals surface area contributed by atoms with Crippen molar-refractivity contribution in [3.8, 4) is 5.75 Å². The molecule has 0 fully saturated rings. The number of ether oxygens (including phenoxy) is 2. The summed E-state index contributed by atoms with van der Waals surface area (Å²) >= 11 is 1.01. The normalized spacial score (nSPS) is 12.7. The van der Waals surface area contributed by atoms with Gasteiger partial charge in [-0.1, -0.05) is 11.3 Å². The molecular weight excluding hydrogens is 297 g/mol. The minimum Gasteiger partial charge on any atom is -0.465 e. The molecule has 0 saturated carbocycles. The molecule has 0 bridgehead atoms. The number of aromatic nitrogens is 1. The van der Waals surface area contributed by atoms with Gasteiger partial charge in [0.15, 0.2) is 10.9 Å². The van der Waals surface area contributed by atoms with Crippen molar-refractivity contribution < 1.29 is 27.4 Å². The third-order valence-electron chi connectivity index (χ3n) is 2.34. The van der Waals surface area contributed by atoms with E-state index >= 15 is 0 Å². The number of benzene rings is 1. The molecule has 0 spiro atoms. The van der Waals surface area contributed by atoms with Crippen LogP contribution in [0.5, 0.6) is 5.75 Å². The molecule has 1 atom stereocenters. The Morgan fingerprint density at radius 1 is 1.40 bits per heavy atom. The standard InChI is InChI=1S/C11H9F3N2O3S/c1-18-10(17)4-2-5(19-9(14)8(12)13)7-6(3-4)20-11(15)16-7/h2-3,8-9H,1H3,(H2,15,16). The lowest BCUT2D eigenvalue weighted by Crippen LogP contribution is -2.20. The Bertz CT molecular complexity index is 647. The van der Waals surface area contributed by atoms with Gasteiger partial charge in [-0.2, -0.15) is 4.39 Å². The lowest BCUT2D eigenvalue weighted by atomic mass is 10.2. The summed E-state index contributed by atoms with van der Waals surface area (Å²) in [6.07, 6.45) is -6.14. The van der Waals surface area contributed by atoms with Crippen molar-refractivity contribution in [3.05, 3.63) is 17.7 Å². The van der Waals surface area contributed by atoms with Gasteiger partial charge in [-0.15, -0.1) is 0 Å². The summed E-state index contributed by atoms with van der Waals surface area (Å²) in [5.74, 6) is -1.00. The van der Waals surface area contributed by atoms with Crippen molar-refractivity contribution in [2.75, 3.05) is 12.8 Å². The van der Waals surface area contributed by atoms with E-state index in [1.165, 1.54) is 6.07 Å². The molecule has 0 aliphatic heterocycles. The van der Waals surface area contributed by atoms with E-state index in [1.807, 2.05) is 0 Å². The molecular formula is C11H9F3N2O3S. The Morgan fingerprint density at radius 2 is 2.10 bits per heavy atom. The molecule has 1 heterocycles. The molecule has 108 valence electrons. The highest BCUT2D eigenvalue weighted by Crippen LogP contribution is 2.34. The van der Waals surface area contributed by atoms with E-state index in [0.29, 0.717) is 4.70 Å². The number of fused-ring (bicyclic) bond motifs is 1. The van der Waals surface area contributed by atoms with Crippen molar-refractivity contribution >= 4 is 32.7 Å². The van der Waals surface area contributed by atoms with Crippen molar-refractivity contribution in [1.82, 2.24) is 4.98 Å². The zero-order valence-corrected chi connectivity index (χ0v) is 10.9. The summed E-state index contributed by atoms with van der Waals surface area (Å²) in [5.41, 5.74) is 5.64. The fraction of sp³-hybridized carbons (Fsp3) is 0.273. The Balaban J connectivity index is 2.51. The Labute approximate surface area is 115 Å². The van der Waals surface area contributed by atoms with Gasteiger partial charge in [-0.25, -0.2) is 18.6 Å². The maximum Gasteiger partial charge on any atom is 0.338 e. The first-order valence-electron chi connectivity index (χ1n) is 5.29.